The Morgan fingerprint density at radius 1 is 1.04 bits per heavy atom. The summed E-state index contributed by atoms with van der Waals surface area (Å²) in [6, 6.07) is 21.7. The van der Waals surface area contributed by atoms with Gasteiger partial charge in [-0.05, 0) is 46.0 Å². The fourth-order valence-corrected chi connectivity index (χ4v) is 9.32. The molecule has 0 bridgehead atoms. The lowest BCUT2D eigenvalue weighted by Crippen LogP contribution is -2.66. The predicted octanol–water partition coefficient (Wildman–Crippen LogP) is 4.81. The average molecular weight is 395 g/mol. The molecule has 150 valence electrons. The van der Waals surface area contributed by atoms with Crippen molar-refractivity contribution in [3.63, 3.8) is 0 Å². The minimum absolute atomic E-state index is 0.0310. The lowest BCUT2D eigenvalue weighted by atomic mass is 9.99. The summed E-state index contributed by atoms with van der Waals surface area (Å²) in [7, 11) is -2.42. The van der Waals surface area contributed by atoms with Crippen molar-refractivity contribution < 1.29 is 9.22 Å². The van der Waals surface area contributed by atoms with Crippen molar-refractivity contribution in [1.29, 1.82) is 0 Å². The lowest BCUT2D eigenvalue weighted by Gasteiger charge is -2.43. The van der Waals surface area contributed by atoms with Crippen LogP contribution >= 0.6 is 0 Å². The maximum Gasteiger partial charge on any atom is 0.261 e. The maximum atomic E-state index is 10.7. The summed E-state index contributed by atoms with van der Waals surface area (Å²) in [6.07, 6.45) is 3.97. The van der Waals surface area contributed by atoms with Gasteiger partial charge in [-0.3, -0.25) is 0 Å². The van der Waals surface area contributed by atoms with E-state index in [2.05, 4.69) is 88.4 Å². The molecule has 1 fully saturated rings. The highest BCUT2D eigenvalue weighted by Gasteiger charge is 2.52. The van der Waals surface area contributed by atoms with Crippen LogP contribution in [-0.2, 0) is 9.22 Å². The highest BCUT2D eigenvalue weighted by molar-refractivity contribution is 6.99. The third-order valence-electron chi connectivity index (χ3n) is 6.38. The Kier molecular flexibility index (Phi) is 6.56. The molecular formula is C25H34O2Si. The Labute approximate surface area is 171 Å². The summed E-state index contributed by atoms with van der Waals surface area (Å²) < 4.78 is 7.04. The molecule has 0 aliphatic heterocycles. The van der Waals surface area contributed by atoms with E-state index in [9.17, 15) is 4.79 Å². The van der Waals surface area contributed by atoms with Crippen LogP contribution in [-0.4, -0.2) is 21.2 Å². The zero-order chi connectivity index (χ0) is 20.2. The third-order valence-corrected chi connectivity index (χ3v) is 11.4. The van der Waals surface area contributed by atoms with Crippen molar-refractivity contribution >= 4 is 25.0 Å². The molecule has 2 aromatic carbocycles. The first-order valence-electron chi connectivity index (χ1n) is 10.6. The van der Waals surface area contributed by atoms with Gasteiger partial charge in [0.25, 0.3) is 8.32 Å². The van der Waals surface area contributed by atoms with Crippen LogP contribution in [0.4, 0.5) is 0 Å². The van der Waals surface area contributed by atoms with Crippen molar-refractivity contribution in [1.82, 2.24) is 0 Å². The Morgan fingerprint density at radius 2 is 1.57 bits per heavy atom. The second-order valence-electron chi connectivity index (χ2n) is 9.36. The average Bonchev–Trinajstić information content (AvgIpc) is 3.47. The van der Waals surface area contributed by atoms with Crippen LogP contribution in [0.1, 0.15) is 47.0 Å². The number of benzene rings is 2. The highest BCUT2D eigenvalue weighted by atomic mass is 28.4. The van der Waals surface area contributed by atoms with E-state index in [0.29, 0.717) is 24.2 Å². The molecule has 28 heavy (non-hydrogen) atoms. The van der Waals surface area contributed by atoms with Gasteiger partial charge in [-0.2, -0.15) is 0 Å². The van der Waals surface area contributed by atoms with Crippen LogP contribution in [0, 0.1) is 17.8 Å². The largest absolute Gasteiger partial charge is 0.407 e. The molecule has 0 N–H and O–H groups in total. The first-order chi connectivity index (χ1) is 13.4. The van der Waals surface area contributed by atoms with Gasteiger partial charge in [-0.25, -0.2) is 0 Å². The summed E-state index contributed by atoms with van der Waals surface area (Å²) in [5.74, 6) is 1.94. The van der Waals surface area contributed by atoms with Gasteiger partial charge in [0.1, 0.15) is 6.29 Å². The maximum absolute atomic E-state index is 10.7. The number of hydrogen-bond acceptors (Lipinski definition) is 2. The van der Waals surface area contributed by atoms with Crippen molar-refractivity contribution in [3.8, 4) is 0 Å². The number of aldehydes is 1. The number of carbonyl (C=O) groups is 1. The zero-order valence-electron chi connectivity index (χ0n) is 17.7. The van der Waals surface area contributed by atoms with Gasteiger partial charge >= 0.3 is 0 Å². The molecule has 3 atom stereocenters. The molecule has 2 nitrogen and oxygen atoms in total. The van der Waals surface area contributed by atoms with E-state index in [1.165, 1.54) is 16.8 Å². The van der Waals surface area contributed by atoms with E-state index in [1.54, 1.807) is 0 Å². The molecule has 0 radical (unpaired) electrons. The zero-order valence-corrected chi connectivity index (χ0v) is 18.7. The van der Waals surface area contributed by atoms with E-state index in [0.717, 1.165) is 19.3 Å². The van der Waals surface area contributed by atoms with E-state index < -0.39 is 8.32 Å². The van der Waals surface area contributed by atoms with Crippen LogP contribution in [0.25, 0.3) is 0 Å². The van der Waals surface area contributed by atoms with E-state index in [1.807, 2.05) is 0 Å². The molecule has 3 rings (SSSR count). The summed E-state index contributed by atoms with van der Waals surface area (Å²) in [5.41, 5.74) is 0. The minimum Gasteiger partial charge on any atom is -0.407 e. The molecule has 1 saturated carbocycles. The second kappa shape index (κ2) is 8.75. The molecule has 0 amide bonds. The molecule has 1 aliphatic rings. The Balaban J connectivity index is 1.87. The van der Waals surface area contributed by atoms with Crippen LogP contribution in [0.3, 0.4) is 0 Å². The lowest BCUT2D eigenvalue weighted by molar-refractivity contribution is -0.108. The van der Waals surface area contributed by atoms with Gasteiger partial charge in [0.15, 0.2) is 0 Å². The molecule has 2 aromatic rings. The van der Waals surface area contributed by atoms with Gasteiger partial charge in [0.2, 0.25) is 0 Å². The van der Waals surface area contributed by atoms with Crippen LogP contribution in [0.5, 0.6) is 0 Å². The number of rotatable bonds is 9. The van der Waals surface area contributed by atoms with Crippen LogP contribution < -0.4 is 10.4 Å². The molecule has 0 saturated heterocycles. The fraction of sp³-hybridized carbons (Fsp3) is 0.480. The van der Waals surface area contributed by atoms with E-state index in [4.69, 9.17) is 4.43 Å². The standard InChI is InChI=1S/C25H34O2Si/c1-20(12-11-17-26)24-18-21(24)19-27-28(25(2,3)4,22-13-7-5-8-14-22)23-15-9-6-10-16-23/h5-10,13-17,20-21,24H,11-12,18-19H2,1-4H3/t20-,21-,24+/m0/s1. The third kappa shape index (κ3) is 4.31. The van der Waals surface area contributed by atoms with Crippen molar-refractivity contribution in [2.75, 3.05) is 6.61 Å². The van der Waals surface area contributed by atoms with E-state index in [-0.39, 0.29) is 5.04 Å². The summed E-state index contributed by atoms with van der Waals surface area (Å²) in [6.45, 7) is 10.1. The SMILES string of the molecule is C[C@@H](CCC=O)[C@H]1C[C@H]1CO[Si](c1ccccc1)(c1ccccc1)C(C)(C)C. The Hall–Kier alpha value is -1.71. The second-order valence-corrected chi connectivity index (χ2v) is 13.7. The van der Waals surface area contributed by atoms with Gasteiger partial charge < -0.3 is 9.22 Å². The van der Waals surface area contributed by atoms with Gasteiger partial charge in [-0.1, -0.05) is 88.4 Å². The molecule has 0 aromatic heterocycles. The number of carbonyl (C=O) groups excluding carboxylic acids is 1. The topological polar surface area (TPSA) is 26.3 Å². The number of hydrogen-bond donors (Lipinski definition) is 0. The predicted molar refractivity (Wildman–Crippen MR) is 120 cm³/mol. The molecule has 0 spiro atoms. The molecule has 3 heteroatoms. The van der Waals surface area contributed by atoms with Crippen molar-refractivity contribution in [2.24, 2.45) is 17.8 Å². The van der Waals surface area contributed by atoms with Crippen molar-refractivity contribution in [3.05, 3.63) is 60.7 Å². The first-order valence-corrected chi connectivity index (χ1v) is 12.5. The smallest absolute Gasteiger partial charge is 0.261 e. The van der Waals surface area contributed by atoms with Gasteiger partial charge in [-0.15, -0.1) is 0 Å². The molecular weight excluding hydrogens is 360 g/mol. The van der Waals surface area contributed by atoms with Gasteiger partial charge in [0, 0.05) is 13.0 Å². The minimum atomic E-state index is -2.42. The summed E-state index contributed by atoms with van der Waals surface area (Å²) >= 11 is 0. The Morgan fingerprint density at radius 3 is 2.04 bits per heavy atom. The molecule has 1 aliphatic carbocycles. The fourth-order valence-electron chi connectivity index (χ4n) is 4.70. The Bertz CT molecular complexity index is 712. The van der Waals surface area contributed by atoms with Crippen LogP contribution in [0.2, 0.25) is 5.04 Å². The first kappa shape index (κ1) is 21.0. The summed E-state index contributed by atoms with van der Waals surface area (Å²) in [4.78, 5) is 10.7. The van der Waals surface area contributed by atoms with E-state index >= 15 is 0 Å². The quantitative estimate of drug-likeness (QED) is 0.450. The molecule has 0 heterocycles. The van der Waals surface area contributed by atoms with Crippen molar-refractivity contribution in [2.45, 2.75) is 52.0 Å². The summed E-state index contributed by atoms with van der Waals surface area (Å²) in [5, 5.41) is 2.73. The monoisotopic (exact) mass is 394 g/mol. The highest BCUT2D eigenvalue weighted by Crippen LogP contribution is 2.47. The van der Waals surface area contributed by atoms with Crippen LogP contribution in [0.15, 0.2) is 60.7 Å². The molecule has 0 unspecified atom stereocenters. The normalized spacial score (nSPS) is 20.6. The van der Waals surface area contributed by atoms with Gasteiger partial charge in [0.05, 0.1) is 0 Å².